The average Bonchev–Trinajstić information content (AvgIpc) is 3.03. The Labute approximate surface area is 281 Å². The second kappa shape index (κ2) is 18.1. The van der Waals surface area contributed by atoms with Crippen LogP contribution in [0.25, 0.3) is 0 Å². The second-order valence-electron chi connectivity index (χ2n) is 10.9. The number of rotatable bonds is 13. The molecule has 1 aromatic carbocycles. The maximum atomic E-state index is 13.2. The van der Waals surface area contributed by atoms with Gasteiger partial charge in [-0.2, -0.15) is 0 Å². The molecule has 268 valence electrons. The number of hydrogen-bond donors (Lipinski definition) is 0. The van der Waals surface area contributed by atoms with E-state index in [9.17, 15) is 33.2 Å². The molecule has 49 heavy (non-hydrogen) atoms. The van der Waals surface area contributed by atoms with Crippen LogP contribution in [0, 0.1) is 11.7 Å². The second-order valence-corrected chi connectivity index (χ2v) is 10.9. The molecule has 7 atom stereocenters. The largest absolute Gasteiger partial charge is 0.468 e. The summed E-state index contributed by atoms with van der Waals surface area (Å²) >= 11 is 0. The van der Waals surface area contributed by atoms with Crippen molar-refractivity contribution in [3.05, 3.63) is 59.1 Å². The summed E-state index contributed by atoms with van der Waals surface area (Å²) in [6.07, 6.45) is -6.24. The van der Waals surface area contributed by atoms with Gasteiger partial charge in [0.2, 0.25) is 12.6 Å². The van der Waals surface area contributed by atoms with Gasteiger partial charge in [0.05, 0.1) is 32.0 Å². The topological polar surface area (TPSA) is 185 Å². The smallest absolute Gasteiger partial charge is 0.337 e. The standard InChI is InChI=1S/C33H39FO15/c1-7-23-24(14-27(39)42-13-12-21-8-10-22(34)11-9-21)25(31(40)41-6)15-44-32(23)49-33-30(47-20(5)38)29(46-19(4)37)28(45-18(3)36)26(48-33)16-43-17(2)35/h7-11,15,24,26,28-30,32-33H,12-14,16H2,1-6H3/b23-7+/t24-,26+,28+,29-,30+,32-,33-/m0/s1. The Bertz CT molecular complexity index is 1440. The number of halogens is 1. The molecule has 0 spiro atoms. The van der Waals surface area contributed by atoms with Crippen LogP contribution in [0.5, 0.6) is 0 Å². The fourth-order valence-corrected chi connectivity index (χ4v) is 5.20. The van der Waals surface area contributed by atoms with Gasteiger partial charge in [0, 0.05) is 45.6 Å². The molecule has 0 N–H and O–H groups in total. The Morgan fingerprint density at radius 1 is 0.837 bits per heavy atom. The maximum absolute atomic E-state index is 13.2. The van der Waals surface area contributed by atoms with Crippen molar-refractivity contribution in [1.82, 2.24) is 0 Å². The van der Waals surface area contributed by atoms with Crippen LogP contribution in [0.4, 0.5) is 4.39 Å². The predicted molar refractivity (Wildman–Crippen MR) is 161 cm³/mol. The van der Waals surface area contributed by atoms with E-state index in [0.29, 0.717) is 6.42 Å². The minimum atomic E-state index is -1.61. The number of hydrogen-bond acceptors (Lipinski definition) is 15. The molecule has 1 fully saturated rings. The van der Waals surface area contributed by atoms with E-state index in [1.165, 1.54) is 18.2 Å². The fourth-order valence-electron chi connectivity index (χ4n) is 5.20. The van der Waals surface area contributed by atoms with E-state index in [2.05, 4.69) is 0 Å². The Hall–Kier alpha value is -4.83. The van der Waals surface area contributed by atoms with Crippen molar-refractivity contribution in [2.24, 2.45) is 5.92 Å². The molecule has 0 aromatic heterocycles. The predicted octanol–water partition coefficient (Wildman–Crippen LogP) is 2.38. The molecule has 16 heteroatoms. The maximum Gasteiger partial charge on any atom is 0.337 e. The van der Waals surface area contributed by atoms with Crippen molar-refractivity contribution in [2.75, 3.05) is 20.3 Å². The SMILES string of the molecule is C/C=C1/[C@H](O[C@@H]2O[C@H](COC(C)=O)[C@@H](OC(C)=O)[C@H](OC(C)=O)[C@H]2OC(C)=O)OC=C(C(=O)OC)[C@H]1CC(=O)OCCc1ccc(F)cc1. The molecule has 0 unspecified atom stereocenters. The van der Waals surface area contributed by atoms with Crippen LogP contribution in [-0.4, -0.2) is 93.1 Å². The summed E-state index contributed by atoms with van der Waals surface area (Å²) in [5.41, 5.74) is 0.946. The normalized spacial score (nSPS) is 25.6. The van der Waals surface area contributed by atoms with Crippen molar-refractivity contribution in [3.8, 4) is 0 Å². The number of allylic oxidation sites excluding steroid dienone is 1. The van der Waals surface area contributed by atoms with Crippen LogP contribution in [0.15, 0.2) is 47.7 Å². The summed E-state index contributed by atoms with van der Waals surface area (Å²) < 4.78 is 62.7. The van der Waals surface area contributed by atoms with Gasteiger partial charge in [-0.05, 0) is 24.6 Å². The molecule has 0 radical (unpaired) electrons. The van der Waals surface area contributed by atoms with E-state index in [-0.39, 0.29) is 24.2 Å². The third kappa shape index (κ3) is 11.1. The molecular weight excluding hydrogens is 655 g/mol. The highest BCUT2D eigenvalue weighted by atomic mass is 19.1. The summed E-state index contributed by atoms with van der Waals surface area (Å²) in [4.78, 5) is 73.8. The highest BCUT2D eigenvalue weighted by molar-refractivity contribution is 5.90. The summed E-state index contributed by atoms with van der Waals surface area (Å²) in [5, 5.41) is 0. The summed E-state index contributed by atoms with van der Waals surface area (Å²) in [5.74, 6) is -6.06. The zero-order valence-corrected chi connectivity index (χ0v) is 27.8. The number of benzene rings is 1. The van der Waals surface area contributed by atoms with Gasteiger partial charge in [0.25, 0.3) is 0 Å². The van der Waals surface area contributed by atoms with Crippen LogP contribution in [0.2, 0.25) is 0 Å². The lowest BCUT2D eigenvalue weighted by atomic mass is 9.86. The molecule has 0 amide bonds. The van der Waals surface area contributed by atoms with E-state index in [4.69, 9.17) is 42.6 Å². The van der Waals surface area contributed by atoms with Crippen molar-refractivity contribution in [2.45, 2.75) is 84.5 Å². The third-order valence-corrected chi connectivity index (χ3v) is 7.27. The minimum Gasteiger partial charge on any atom is -0.468 e. The van der Waals surface area contributed by atoms with Crippen LogP contribution in [0.3, 0.4) is 0 Å². The van der Waals surface area contributed by atoms with E-state index in [1.54, 1.807) is 19.1 Å². The van der Waals surface area contributed by atoms with Gasteiger partial charge in [-0.1, -0.05) is 18.2 Å². The molecular formula is C33H39FO15. The highest BCUT2D eigenvalue weighted by Crippen LogP contribution is 2.37. The first-order valence-corrected chi connectivity index (χ1v) is 15.2. The molecule has 1 saturated heterocycles. The molecule has 0 bridgehead atoms. The first kappa shape index (κ1) is 38.6. The van der Waals surface area contributed by atoms with Crippen LogP contribution in [-0.2, 0) is 77.8 Å². The summed E-state index contributed by atoms with van der Waals surface area (Å²) in [6, 6.07) is 5.70. The van der Waals surface area contributed by atoms with Crippen molar-refractivity contribution < 1.29 is 75.8 Å². The van der Waals surface area contributed by atoms with Gasteiger partial charge in [-0.3, -0.25) is 24.0 Å². The van der Waals surface area contributed by atoms with Gasteiger partial charge in [-0.25, -0.2) is 9.18 Å². The number of ether oxygens (including phenoxy) is 9. The Balaban J connectivity index is 1.91. The zero-order chi connectivity index (χ0) is 36.2. The molecule has 1 aromatic rings. The van der Waals surface area contributed by atoms with E-state index < -0.39 is 91.2 Å². The summed E-state index contributed by atoms with van der Waals surface area (Å²) in [6.45, 7) is 5.45. The molecule has 0 saturated carbocycles. The minimum absolute atomic E-state index is 0.0270. The Kier molecular flexibility index (Phi) is 14.2. The monoisotopic (exact) mass is 694 g/mol. The quantitative estimate of drug-likeness (QED) is 0.166. The number of esters is 6. The first-order valence-electron chi connectivity index (χ1n) is 15.2. The molecule has 0 aliphatic carbocycles. The van der Waals surface area contributed by atoms with Gasteiger partial charge < -0.3 is 42.6 Å². The van der Waals surface area contributed by atoms with Crippen molar-refractivity contribution in [1.29, 1.82) is 0 Å². The van der Waals surface area contributed by atoms with Gasteiger partial charge in [0.15, 0.2) is 18.3 Å². The van der Waals surface area contributed by atoms with Crippen LogP contribution < -0.4 is 0 Å². The highest BCUT2D eigenvalue weighted by Gasteiger charge is 2.54. The van der Waals surface area contributed by atoms with Gasteiger partial charge in [-0.15, -0.1) is 0 Å². The first-order chi connectivity index (χ1) is 23.2. The van der Waals surface area contributed by atoms with Crippen molar-refractivity contribution >= 4 is 35.8 Å². The Morgan fingerprint density at radius 3 is 2.02 bits per heavy atom. The average molecular weight is 695 g/mol. The van der Waals surface area contributed by atoms with Crippen molar-refractivity contribution in [3.63, 3.8) is 0 Å². The van der Waals surface area contributed by atoms with Crippen LogP contribution in [0.1, 0.15) is 46.6 Å². The number of methoxy groups -OCH3 is 1. The molecule has 2 aliphatic heterocycles. The molecule has 3 rings (SSSR count). The number of carbonyl (C=O) groups excluding carboxylic acids is 6. The molecule has 2 aliphatic rings. The fraction of sp³-hybridized carbons (Fsp3) is 0.515. The summed E-state index contributed by atoms with van der Waals surface area (Å²) in [7, 11) is 1.15. The molecule has 15 nitrogen and oxygen atoms in total. The lowest BCUT2D eigenvalue weighted by Crippen LogP contribution is -2.63. The third-order valence-electron chi connectivity index (χ3n) is 7.27. The lowest BCUT2D eigenvalue weighted by Gasteiger charge is -2.45. The van der Waals surface area contributed by atoms with E-state index >= 15 is 0 Å². The van der Waals surface area contributed by atoms with Crippen LogP contribution >= 0.6 is 0 Å². The molecule has 2 heterocycles. The zero-order valence-electron chi connectivity index (χ0n) is 27.8. The van der Waals surface area contributed by atoms with Gasteiger partial charge >= 0.3 is 35.8 Å². The van der Waals surface area contributed by atoms with E-state index in [0.717, 1.165) is 46.6 Å². The lowest BCUT2D eigenvalue weighted by molar-refractivity contribution is -0.331. The van der Waals surface area contributed by atoms with Gasteiger partial charge in [0.1, 0.15) is 18.5 Å². The van der Waals surface area contributed by atoms with E-state index in [1.807, 2.05) is 0 Å². The number of carbonyl (C=O) groups is 6. The Morgan fingerprint density at radius 2 is 1.45 bits per heavy atom.